The van der Waals surface area contributed by atoms with Crippen molar-refractivity contribution >= 4 is 34.3 Å². The summed E-state index contributed by atoms with van der Waals surface area (Å²) in [6, 6.07) is 18.2. The van der Waals surface area contributed by atoms with E-state index >= 15 is 0 Å². The second kappa shape index (κ2) is 8.93. The predicted molar refractivity (Wildman–Crippen MR) is 115 cm³/mol. The fourth-order valence-electron chi connectivity index (χ4n) is 2.97. The average Bonchev–Trinajstić information content (AvgIpc) is 3.43. The highest BCUT2D eigenvalue weighted by Gasteiger charge is 2.20. The van der Waals surface area contributed by atoms with Crippen molar-refractivity contribution in [1.29, 1.82) is 5.26 Å². The number of para-hydroxylation sites is 2. The average molecular weight is 427 g/mol. The Morgan fingerprint density at radius 3 is 2.66 bits per heavy atom. The van der Waals surface area contributed by atoms with Crippen LogP contribution < -0.4 is 0 Å². The van der Waals surface area contributed by atoms with Gasteiger partial charge in [-0.05, 0) is 41.1 Å². The molecule has 0 aliphatic rings. The van der Waals surface area contributed by atoms with E-state index in [1.807, 2.05) is 36.4 Å². The minimum Gasteiger partial charge on any atom is -0.507 e. The summed E-state index contributed by atoms with van der Waals surface area (Å²) in [6.07, 6.45) is 1.57. The van der Waals surface area contributed by atoms with Crippen LogP contribution in [0.3, 0.4) is 0 Å². The fourth-order valence-corrected chi connectivity index (χ4v) is 2.97. The van der Waals surface area contributed by atoms with Crippen LogP contribution in [0.2, 0.25) is 0 Å². The summed E-state index contributed by atoms with van der Waals surface area (Å²) >= 11 is 0. The zero-order valence-corrected chi connectivity index (χ0v) is 16.9. The zero-order chi connectivity index (χ0) is 22.5. The summed E-state index contributed by atoms with van der Waals surface area (Å²) in [5.74, 6) is -0.660. The molecule has 0 atom stereocenters. The first-order valence-corrected chi connectivity index (χ1v) is 9.53. The Morgan fingerprint density at radius 2 is 1.97 bits per heavy atom. The van der Waals surface area contributed by atoms with Crippen LogP contribution in [-0.2, 0) is 9.53 Å². The summed E-state index contributed by atoms with van der Waals surface area (Å²) in [5.41, 5.74) is 2.01. The summed E-state index contributed by atoms with van der Waals surface area (Å²) in [7, 11) is 0. The number of aromatic amines is 1. The van der Waals surface area contributed by atoms with E-state index in [9.17, 15) is 15.2 Å². The highest BCUT2D eigenvalue weighted by atomic mass is 16.5. The number of hydrogen-bond acceptors (Lipinski definition) is 8. The summed E-state index contributed by atoms with van der Waals surface area (Å²) < 4.78 is 6.51. The topological polar surface area (TPSA) is 143 Å². The number of allylic oxidation sites excluding steroid dienone is 1. The van der Waals surface area contributed by atoms with Crippen LogP contribution in [0.1, 0.15) is 17.2 Å². The molecule has 0 saturated carbocycles. The number of aromatic nitrogens is 6. The third-order valence-electron chi connectivity index (χ3n) is 4.53. The Bertz CT molecular complexity index is 1340. The Kier molecular flexibility index (Phi) is 5.72. The molecule has 0 radical (unpaired) electrons. The number of aliphatic hydroxyl groups excluding tert-OH is 1. The maximum absolute atomic E-state index is 12.8. The molecule has 0 aliphatic heterocycles. The van der Waals surface area contributed by atoms with Crippen LogP contribution in [0.4, 0.5) is 0 Å². The van der Waals surface area contributed by atoms with Gasteiger partial charge in [-0.25, -0.2) is 9.78 Å². The van der Waals surface area contributed by atoms with Crippen molar-refractivity contribution < 1.29 is 14.6 Å². The number of ether oxygens (including phenoxy) is 1. The third kappa shape index (κ3) is 4.22. The number of hydrogen-bond donors (Lipinski definition) is 2. The van der Waals surface area contributed by atoms with Crippen molar-refractivity contribution in [2.24, 2.45) is 0 Å². The molecule has 0 bridgehead atoms. The lowest BCUT2D eigenvalue weighted by Gasteiger charge is -2.09. The number of nitrogens with zero attached hydrogens (tertiary/aromatic N) is 6. The summed E-state index contributed by atoms with van der Waals surface area (Å²) in [6.45, 7) is 1.10. The van der Waals surface area contributed by atoms with E-state index in [2.05, 4.69) is 25.5 Å². The van der Waals surface area contributed by atoms with E-state index in [4.69, 9.17) is 4.74 Å². The highest BCUT2D eigenvalue weighted by molar-refractivity contribution is 6.15. The normalized spacial score (nSPS) is 12.3. The molecule has 10 heteroatoms. The molecule has 2 N–H and O–H groups in total. The van der Waals surface area contributed by atoms with Crippen molar-refractivity contribution in [3.63, 3.8) is 0 Å². The van der Waals surface area contributed by atoms with Gasteiger partial charge in [0.2, 0.25) is 0 Å². The molecule has 10 nitrogen and oxygen atoms in total. The zero-order valence-electron chi connectivity index (χ0n) is 16.9. The second-order valence-corrected chi connectivity index (χ2v) is 6.69. The Morgan fingerprint density at radius 1 is 1.22 bits per heavy atom. The largest absolute Gasteiger partial charge is 0.507 e. The van der Waals surface area contributed by atoms with Crippen LogP contribution in [-0.4, -0.2) is 47.9 Å². The number of esters is 1. The Labute approximate surface area is 182 Å². The maximum Gasteiger partial charge on any atom is 0.357 e. The van der Waals surface area contributed by atoms with Crippen LogP contribution >= 0.6 is 0 Å². The molecular formula is C22H17N7O3. The molecule has 0 unspecified atom stereocenters. The number of H-pyrrole nitrogens is 1. The van der Waals surface area contributed by atoms with Crippen molar-refractivity contribution in [2.75, 3.05) is 6.61 Å². The number of rotatable bonds is 6. The van der Waals surface area contributed by atoms with E-state index in [0.29, 0.717) is 16.9 Å². The van der Waals surface area contributed by atoms with Gasteiger partial charge in [0.15, 0.2) is 23.1 Å². The van der Waals surface area contributed by atoms with Crippen molar-refractivity contribution in [2.45, 2.75) is 6.92 Å². The molecule has 2 heterocycles. The standard InChI is InChI=1S/C22H17N7O3/c1-14-26-27-28-29(14)19(11-15-7-3-2-4-8-15)22(31)32-13-20(30)16(12-23)21-24-17-9-5-6-10-18(17)25-21/h2-11,30H,13H2,1H3,(H,24,25)/b19-11-,20-16-. The Hall–Kier alpha value is -4.78. The quantitative estimate of drug-likeness (QED) is 0.207. The molecule has 0 spiro atoms. The summed E-state index contributed by atoms with van der Waals surface area (Å²) in [5, 5.41) is 31.2. The number of nitrogens with one attached hydrogen (secondary N) is 1. The number of carbonyl (C=O) groups is 1. The van der Waals surface area contributed by atoms with E-state index in [-0.39, 0.29) is 17.1 Å². The van der Waals surface area contributed by atoms with Crippen LogP contribution in [0, 0.1) is 18.3 Å². The summed E-state index contributed by atoms with van der Waals surface area (Å²) in [4.78, 5) is 20.1. The lowest BCUT2D eigenvalue weighted by molar-refractivity contribution is -0.136. The van der Waals surface area contributed by atoms with Gasteiger partial charge in [0.1, 0.15) is 18.2 Å². The van der Waals surface area contributed by atoms with Gasteiger partial charge in [0, 0.05) is 0 Å². The molecule has 32 heavy (non-hydrogen) atoms. The smallest absolute Gasteiger partial charge is 0.357 e. The molecule has 0 amide bonds. The van der Waals surface area contributed by atoms with E-state index in [1.54, 1.807) is 37.3 Å². The lowest BCUT2D eigenvalue weighted by atomic mass is 10.2. The molecule has 4 aromatic rings. The number of carbonyl (C=O) groups excluding carboxylic acids is 1. The first-order valence-electron chi connectivity index (χ1n) is 9.53. The monoisotopic (exact) mass is 427 g/mol. The number of aliphatic hydroxyl groups is 1. The number of nitriles is 1. The van der Waals surface area contributed by atoms with Crippen LogP contribution in [0.5, 0.6) is 0 Å². The molecular weight excluding hydrogens is 410 g/mol. The molecule has 158 valence electrons. The van der Waals surface area contributed by atoms with Crippen LogP contribution in [0.15, 0.2) is 60.4 Å². The molecule has 0 saturated heterocycles. The van der Waals surface area contributed by atoms with Gasteiger partial charge in [0.05, 0.1) is 11.0 Å². The Balaban J connectivity index is 1.60. The minimum absolute atomic E-state index is 0.0498. The minimum atomic E-state index is -0.780. The lowest BCUT2D eigenvalue weighted by Crippen LogP contribution is -2.16. The molecule has 4 rings (SSSR count). The number of fused-ring (bicyclic) bond motifs is 1. The maximum atomic E-state index is 12.8. The van der Waals surface area contributed by atoms with Crippen molar-refractivity contribution in [1.82, 2.24) is 30.2 Å². The van der Waals surface area contributed by atoms with Gasteiger partial charge in [-0.3, -0.25) is 0 Å². The van der Waals surface area contributed by atoms with Gasteiger partial charge < -0.3 is 14.8 Å². The first-order chi connectivity index (χ1) is 15.6. The van der Waals surface area contributed by atoms with Gasteiger partial charge in [-0.15, -0.1) is 5.10 Å². The van der Waals surface area contributed by atoms with E-state index < -0.39 is 18.3 Å². The van der Waals surface area contributed by atoms with Gasteiger partial charge in [0.25, 0.3) is 0 Å². The second-order valence-electron chi connectivity index (χ2n) is 6.69. The van der Waals surface area contributed by atoms with Gasteiger partial charge >= 0.3 is 5.97 Å². The van der Waals surface area contributed by atoms with Crippen molar-refractivity contribution in [3.8, 4) is 6.07 Å². The van der Waals surface area contributed by atoms with E-state index in [1.165, 1.54) is 4.68 Å². The third-order valence-corrected chi connectivity index (χ3v) is 4.53. The number of aryl methyl sites for hydroxylation is 1. The molecule has 0 fully saturated rings. The van der Waals surface area contributed by atoms with Crippen LogP contribution in [0.25, 0.3) is 28.4 Å². The molecule has 0 aliphatic carbocycles. The van der Waals surface area contributed by atoms with Crippen molar-refractivity contribution in [3.05, 3.63) is 77.6 Å². The fraction of sp³-hybridized carbons (Fsp3) is 0.0909. The van der Waals surface area contributed by atoms with E-state index in [0.717, 1.165) is 5.56 Å². The highest BCUT2D eigenvalue weighted by Crippen LogP contribution is 2.20. The number of tetrazole rings is 1. The molecule has 2 aromatic heterocycles. The number of benzene rings is 2. The molecule has 2 aromatic carbocycles. The van der Waals surface area contributed by atoms with Gasteiger partial charge in [-0.1, -0.05) is 42.5 Å². The first kappa shape index (κ1) is 20.5. The predicted octanol–water partition coefficient (Wildman–Crippen LogP) is 2.89. The van der Waals surface area contributed by atoms with Gasteiger partial charge in [-0.2, -0.15) is 9.94 Å². The SMILES string of the molecule is Cc1nnnn1/C(=C\c1ccccc1)C(=O)OC/C(O)=C(\C#N)c1nc2ccccc2[nH]1. The number of imidazole rings is 1.